The molecule has 4 aliphatic carbocycles. The van der Waals surface area contributed by atoms with Gasteiger partial charge in [0, 0.05) is 11.8 Å². The number of aliphatic hydroxyl groups is 1. The number of carbonyl (C=O) groups is 1. The summed E-state index contributed by atoms with van der Waals surface area (Å²) in [5.41, 5.74) is -0.583. The average molecular weight is 220 g/mol. The lowest BCUT2D eigenvalue weighted by Gasteiger charge is -2.40. The van der Waals surface area contributed by atoms with Crippen LogP contribution < -0.4 is 0 Å². The Morgan fingerprint density at radius 2 is 2.00 bits per heavy atom. The molecule has 4 aliphatic rings. The fraction of sp³-hybridized carbons (Fsp3) is 0.929. The van der Waals surface area contributed by atoms with Crippen molar-refractivity contribution in [3.8, 4) is 0 Å². The van der Waals surface area contributed by atoms with Gasteiger partial charge in [-0.25, -0.2) is 0 Å². The Morgan fingerprint density at radius 1 is 1.12 bits per heavy atom. The molecule has 0 aromatic heterocycles. The van der Waals surface area contributed by atoms with Crippen molar-refractivity contribution >= 4 is 5.78 Å². The van der Waals surface area contributed by atoms with Gasteiger partial charge in [0.15, 0.2) is 0 Å². The van der Waals surface area contributed by atoms with E-state index >= 15 is 0 Å². The van der Waals surface area contributed by atoms with Gasteiger partial charge in [-0.1, -0.05) is 0 Å². The Kier molecular flexibility index (Phi) is 1.75. The molecule has 1 N–H and O–H groups in total. The molecule has 4 fully saturated rings. The van der Waals surface area contributed by atoms with Crippen molar-refractivity contribution in [2.24, 2.45) is 29.6 Å². The highest BCUT2D eigenvalue weighted by molar-refractivity contribution is 5.88. The second-order valence-electron chi connectivity index (χ2n) is 6.72. The first kappa shape index (κ1) is 9.64. The molecule has 0 radical (unpaired) electrons. The summed E-state index contributed by atoms with van der Waals surface area (Å²) < 4.78 is 0. The number of carbonyl (C=O) groups excluding carboxylic acids is 1. The largest absolute Gasteiger partial charge is 0.389 e. The summed E-state index contributed by atoms with van der Waals surface area (Å²) in [6.45, 7) is 0. The van der Waals surface area contributed by atoms with E-state index < -0.39 is 5.60 Å². The highest BCUT2D eigenvalue weighted by Crippen LogP contribution is 2.60. The first-order valence-corrected chi connectivity index (χ1v) is 6.94. The summed E-state index contributed by atoms with van der Waals surface area (Å²) in [6.07, 6.45) is 7.97. The van der Waals surface area contributed by atoms with Crippen molar-refractivity contribution in [1.29, 1.82) is 0 Å². The number of rotatable bonds is 1. The topological polar surface area (TPSA) is 37.3 Å². The zero-order valence-electron chi connectivity index (χ0n) is 9.69. The van der Waals surface area contributed by atoms with Crippen molar-refractivity contribution in [3.05, 3.63) is 0 Å². The third-order valence-corrected chi connectivity index (χ3v) is 6.06. The van der Waals surface area contributed by atoms with Gasteiger partial charge in [0.05, 0.1) is 5.60 Å². The van der Waals surface area contributed by atoms with Gasteiger partial charge in [-0.05, 0) is 62.7 Å². The van der Waals surface area contributed by atoms with E-state index in [-0.39, 0.29) is 5.92 Å². The highest BCUT2D eigenvalue weighted by Gasteiger charge is 2.62. The lowest BCUT2D eigenvalue weighted by Crippen LogP contribution is -2.49. The molecule has 0 aliphatic heterocycles. The molecular weight excluding hydrogens is 200 g/mol. The third-order valence-electron chi connectivity index (χ3n) is 6.06. The number of fused-ring (bicyclic) bond motifs is 4. The van der Waals surface area contributed by atoms with Gasteiger partial charge in [0.2, 0.25) is 0 Å². The van der Waals surface area contributed by atoms with Crippen LogP contribution in [-0.4, -0.2) is 16.5 Å². The molecule has 0 aromatic rings. The first-order valence-electron chi connectivity index (χ1n) is 6.94. The van der Waals surface area contributed by atoms with Crippen LogP contribution in [0.4, 0.5) is 0 Å². The van der Waals surface area contributed by atoms with E-state index in [0.717, 1.165) is 25.2 Å². The first-order chi connectivity index (χ1) is 7.68. The second-order valence-corrected chi connectivity index (χ2v) is 6.72. The molecule has 4 saturated carbocycles. The molecule has 0 saturated heterocycles. The number of ketones is 1. The van der Waals surface area contributed by atoms with Crippen molar-refractivity contribution in [2.75, 3.05) is 0 Å². The molecule has 0 spiro atoms. The van der Waals surface area contributed by atoms with E-state index in [1.54, 1.807) is 0 Å². The van der Waals surface area contributed by atoms with E-state index in [2.05, 4.69) is 0 Å². The molecule has 0 amide bonds. The van der Waals surface area contributed by atoms with Gasteiger partial charge in [-0.3, -0.25) is 4.79 Å². The van der Waals surface area contributed by atoms with Crippen LogP contribution in [0.15, 0.2) is 0 Å². The number of Topliss-reactive ketones (excluding diaryl/α,β-unsaturated/α-hetero) is 1. The van der Waals surface area contributed by atoms with Crippen LogP contribution in [0, 0.1) is 29.6 Å². The Hall–Kier alpha value is -0.370. The smallest absolute Gasteiger partial charge is 0.142 e. The molecule has 4 rings (SSSR count). The van der Waals surface area contributed by atoms with Gasteiger partial charge < -0.3 is 5.11 Å². The van der Waals surface area contributed by atoms with Gasteiger partial charge in [-0.2, -0.15) is 0 Å². The Labute approximate surface area is 96.4 Å². The standard InChI is InChI=1S/C14H20O2/c15-13-10-3-2-9(6-10)12(13)14(16)7-8-1-4-11(14)5-8/h8-12,16H,1-7H2. The summed E-state index contributed by atoms with van der Waals surface area (Å²) in [7, 11) is 0. The molecule has 88 valence electrons. The second kappa shape index (κ2) is 2.90. The molecular formula is C14H20O2. The van der Waals surface area contributed by atoms with Gasteiger partial charge in [0.25, 0.3) is 0 Å². The maximum Gasteiger partial charge on any atom is 0.142 e. The maximum atomic E-state index is 12.3. The third kappa shape index (κ3) is 1.000. The number of hydrogen-bond acceptors (Lipinski definition) is 2. The summed E-state index contributed by atoms with van der Waals surface area (Å²) >= 11 is 0. The molecule has 16 heavy (non-hydrogen) atoms. The Bertz CT molecular complexity index is 351. The SMILES string of the molecule is O=C1C2CCC(C2)C1C1(O)CC2CCC1C2. The fourth-order valence-electron chi connectivity index (χ4n) is 5.44. The van der Waals surface area contributed by atoms with Crippen LogP contribution in [-0.2, 0) is 4.79 Å². The van der Waals surface area contributed by atoms with Crippen LogP contribution >= 0.6 is 0 Å². The zero-order valence-corrected chi connectivity index (χ0v) is 9.69. The summed E-state index contributed by atoms with van der Waals surface area (Å²) in [6, 6.07) is 0. The normalized spacial score (nSPS) is 58.8. The average Bonchev–Trinajstić information content (AvgIpc) is 2.92. The predicted molar refractivity (Wildman–Crippen MR) is 59.7 cm³/mol. The highest BCUT2D eigenvalue weighted by atomic mass is 16.3. The minimum absolute atomic E-state index is 0.0292. The van der Waals surface area contributed by atoms with Crippen molar-refractivity contribution in [1.82, 2.24) is 0 Å². The zero-order chi connectivity index (χ0) is 10.9. The van der Waals surface area contributed by atoms with Gasteiger partial charge in [0.1, 0.15) is 5.78 Å². The van der Waals surface area contributed by atoms with Crippen LogP contribution in [0.25, 0.3) is 0 Å². The Balaban J connectivity index is 1.68. The van der Waals surface area contributed by atoms with E-state index in [9.17, 15) is 9.90 Å². The molecule has 0 heterocycles. The van der Waals surface area contributed by atoms with Gasteiger partial charge in [-0.15, -0.1) is 0 Å². The molecule has 4 bridgehead atoms. The maximum absolute atomic E-state index is 12.3. The van der Waals surface area contributed by atoms with Crippen molar-refractivity contribution < 1.29 is 9.90 Å². The summed E-state index contributed by atoms with van der Waals surface area (Å²) in [4.78, 5) is 12.3. The minimum Gasteiger partial charge on any atom is -0.389 e. The lowest BCUT2D eigenvalue weighted by molar-refractivity contribution is -0.142. The van der Waals surface area contributed by atoms with Crippen molar-refractivity contribution in [3.63, 3.8) is 0 Å². The van der Waals surface area contributed by atoms with E-state index in [0.29, 0.717) is 23.5 Å². The van der Waals surface area contributed by atoms with E-state index in [4.69, 9.17) is 0 Å². The molecule has 6 unspecified atom stereocenters. The van der Waals surface area contributed by atoms with Crippen LogP contribution in [0.3, 0.4) is 0 Å². The lowest BCUT2D eigenvalue weighted by atomic mass is 9.68. The van der Waals surface area contributed by atoms with E-state index in [1.807, 2.05) is 0 Å². The molecule has 2 heteroatoms. The number of hydrogen-bond donors (Lipinski definition) is 1. The predicted octanol–water partition coefficient (Wildman–Crippen LogP) is 2.15. The van der Waals surface area contributed by atoms with Crippen molar-refractivity contribution in [2.45, 2.75) is 50.5 Å². The van der Waals surface area contributed by atoms with Crippen LogP contribution in [0.2, 0.25) is 0 Å². The molecule has 2 nitrogen and oxygen atoms in total. The van der Waals surface area contributed by atoms with Crippen LogP contribution in [0.1, 0.15) is 44.9 Å². The quantitative estimate of drug-likeness (QED) is 0.735. The van der Waals surface area contributed by atoms with E-state index in [1.165, 1.54) is 25.7 Å². The molecule has 0 aromatic carbocycles. The van der Waals surface area contributed by atoms with Gasteiger partial charge >= 0.3 is 0 Å². The Morgan fingerprint density at radius 3 is 2.56 bits per heavy atom. The fourth-order valence-corrected chi connectivity index (χ4v) is 5.44. The minimum atomic E-state index is -0.583. The monoisotopic (exact) mass is 220 g/mol. The van der Waals surface area contributed by atoms with Crippen LogP contribution in [0.5, 0.6) is 0 Å². The molecule has 6 atom stereocenters. The summed E-state index contributed by atoms with van der Waals surface area (Å²) in [5.74, 6) is 2.47. The summed E-state index contributed by atoms with van der Waals surface area (Å²) in [5, 5.41) is 11.0.